The van der Waals surface area contributed by atoms with Crippen molar-refractivity contribution in [2.45, 2.75) is 4.90 Å². The molecule has 7 nitrogen and oxygen atoms in total. The minimum Gasteiger partial charge on any atom is -0.492 e. The lowest BCUT2D eigenvalue weighted by atomic mass is 10.3. The van der Waals surface area contributed by atoms with Crippen molar-refractivity contribution in [3.63, 3.8) is 0 Å². The molecule has 24 heavy (non-hydrogen) atoms. The molecule has 0 aliphatic carbocycles. The summed E-state index contributed by atoms with van der Waals surface area (Å²) in [5.41, 5.74) is -0.884. The Morgan fingerprint density at radius 3 is 2.50 bits per heavy atom. The normalized spacial score (nSPS) is 11.5. The number of hydrogen-bond donors (Lipinski definition) is 0. The Morgan fingerprint density at radius 1 is 1.21 bits per heavy atom. The topological polar surface area (TPSA) is 89.8 Å². The Kier molecular flexibility index (Phi) is 5.47. The number of benzene rings is 2. The lowest BCUT2D eigenvalue weighted by molar-refractivity contribution is -0.387. The molecule has 0 heterocycles. The molecule has 2 aromatic carbocycles. The maximum absolute atomic E-state index is 13.3. The minimum absolute atomic E-state index is 0.0302. The van der Waals surface area contributed by atoms with Gasteiger partial charge in [0.1, 0.15) is 12.4 Å². The maximum Gasteiger partial charge on any atom is 0.306 e. The Balaban J connectivity index is 2.09. The summed E-state index contributed by atoms with van der Waals surface area (Å²) in [7, 11) is -2.67. The summed E-state index contributed by atoms with van der Waals surface area (Å²) < 4.78 is 44.5. The number of nitro groups is 1. The number of halogens is 1. The van der Waals surface area contributed by atoms with E-state index in [4.69, 9.17) is 4.74 Å². The maximum atomic E-state index is 13.3. The number of para-hydroxylation sites is 1. The lowest BCUT2D eigenvalue weighted by Crippen LogP contribution is -2.31. The van der Waals surface area contributed by atoms with E-state index in [1.54, 1.807) is 24.3 Å². The average molecular weight is 354 g/mol. The molecule has 0 aromatic heterocycles. The van der Waals surface area contributed by atoms with Crippen molar-refractivity contribution in [2.24, 2.45) is 0 Å². The van der Waals surface area contributed by atoms with Crippen LogP contribution in [0.25, 0.3) is 0 Å². The van der Waals surface area contributed by atoms with Gasteiger partial charge in [-0.1, -0.05) is 18.2 Å². The Labute approximate surface area is 138 Å². The minimum atomic E-state index is -3.98. The van der Waals surface area contributed by atoms with Crippen LogP contribution in [0.5, 0.6) is 5.75 Å². The molecule has 0 unspecified atom stereocenters. The molecule has 0 aliphatic heterocycles. The first-order chi connectivity index (χ1) is 11.3. The van der Waals surface area contributed by atoms with Crippen LogP contribution in [-0.2, 0) is 10.0 Å². The third-order valence-electron chi connectivity index (χ3n) is 3.24. The molecule has 128 valence electrons. The third kappa shape index (κ3) is 4.06. The first kappa shape index (κ1) is 17.8. The third-order valence-corrected chi connectivity index (χ3v) is 5.09. The number of hydrogen-bond acceptors (Lipinski definition) is 5. The molecular formula is C15H15FN2O5S. The number of rotatable bonds is 7. The fourth-order valence-electron chi connectivity index (χ4n) is 1.90. The van der Waals surface area contributed by atoms with Gasteiger partial charge in [-0.05, 0) is 24.3 Å². The molecule has 0 aliphatic rings. The van der Waals surface area contributed by atoms with Crippen molar-refractivity contribution in [2.75, 3.05) is 20.2 Å². The van der Waals surface area contributed by atoms with Crippen LogP contribution in [0.4, 0.5) is 10.1 Å². The van der Waals surface area contributed by atoms with E-state index in [2.05, 4.69) is 0 Å². The molecule has 0 saturated carbocycles. The predicted octanol–water partition coefficient (Wildman–Crippen LogP) is 2.43. The second-order valence-electron chi connectivity index (χ2n) is 4.86. The summed E-state index contributed by atoms with van der Waals surface area (Å²) in [4.78, 5) is 9.42. The summed E-state index contributed by atoms with van der Waals surface area (Å²) in [5.74, 6) is -0.491. The van der Waals surface area contributed by atoms with Crippen LogP contribution >= 0.6 is 0 Å². The van der Waals surface area contributed by atoms with Gasteiger partial charge in [-0.3, -0.25) is 10.1 Å². The largest absolute Gasteiger partial charge is 0.492 e. The van der Waals surface area contributed by atoms with Gasteiger partial charge in [-0.15, -0.1) is 0 Å². The van der Waals surface area contributed by atoms with Crippen molar-refractivity contribution < 1.29 is 22.5 Å². The highest BCUT2D eigenvalue weighted by Gasteiger charge is 2.25. The zero-order valence-corrected chi connectivity index (χ0v) is 13.6. The van der Waals surface area contributed by atoms with Gasteiger partial charge >= 0.3 is 5.69 Å². The second kappa shape index (κ2) is 7.37. The van der Waals surface area contributed by atoms with Crippen molar-refractivity contribution in [3.05, 3.63) is 64.5 Å². The van der Waals surface area contributed by atoms with Crippen LogP contribution in [0.2, 0.25) is 0 Å². The molecule has 2 rings (SSSR count). The Morgan fingerprint density at radius 2 is 1.88 bits per heavy atom. The summed E-state index contributed by atoms with van der Waals surface area (Å²) >= 11 is 0. The highest BCUT2D eigenvalue weighted by Crippen LogP contribution is 2.23. The van der Waals surface area contributed by atoms with E-state index in [-0.39, 0.29) is 18.0 Å². The van der Waals surface area contributed by atoms with Gasteiger partial charge in [-0.25, -0.2) is 8.42 Å². The van der Waals surface area contributed by atoms with Crippen LogP contribution in [0, 0.1) is 15.9 Å². The number of nitro benzene ring substituents is 1. The summed E-state index contributed by atoms with van der Waals surface area (Å²) in [6, 6.07) is 11.3. The number of likely N-dealkylation sites (N-methyl/N-ethyl adjacent to an activating group) is 1. The van der Waals surface area contributed by atoms with E-state index < -0.39 is 26.5 Å². The fraction of sp³-hybridized carbons (Fsp3) is 0.200. The van der Waals surface area contributed by atoms with Gasteiger partial charge in [0.2, 0.25) is 15.8 Å². The summed E-state index contributed by atoms with van der Waals surface area (Å²) in [6.45, 7) is 0.130. The first-order valence-corrected chi connectivity index (χ1v) is 8.34. The standard InChI is InChI=1S/C15H15FN2O5S/c1-17(9-10-23-12-5-3-2-4-6-12)24(21,22)13-7-8-14(16)15(11-13)18(19)20/h2-8,11H,9-10H2,1H3. The van der Waals surface area contributed by atoms with E-state index in [9.17, 15) is 22.9 Å². The molecule has 9 heteroatoms. The smallest absolute Gasteiger partial charge is 0.306 e. The average Bonchev–Trinajstić information content (AvgIpc) is 2.55. The van der Waals surface area contributed by atoms with Gasteiger partial charge in [0.15, 0.2) is 0 Å². The van der Waals surface area contributed by atoms with Crippen molar-refractivity contribution in [1.82, 2.24) is 4.31 Å². The molecule has 0 bridgehead atoms. The SMILES string of the molecule is CN(CCOc1ccccc1)S(=O)(=O)c1ccc(F)c([N+](=O)[O-])c1. The number of sulfonamides is 1. The van der Waals surface area contributed by atoms with Crippen LogP contribution in [0.1, 0.15) is 0 Å². The summed E-state index contributed by atoms with van der Waals surface area (Å²) in [6.07, 6.45) is 0. The molecule has 2 aromatic rings. The molecular weight excluding hydrogens is 339 g/mol. The van der Waals surface area contributed by atoms with Gasteiger partial charge < -0.3 is 4.74 Å². The van der Waals surface area contributed by atoms with E-state index in [1.165, 1.54) is 7.05 Å². The second-order valence-corrected chi connectivity index (χ2v) is 6.90. The van der Waals surface area contributed by atoms with E-state index >= 15 is 0 Å². The molecule has 0 spiro atoms. The highest BCUT2D eigenvalue weighted by atomic mass is 32.2. The number of nitrogens with zero attached hydrogens (tertiary/aromatic N) is 2. The van der Waals surface area contributed by atoms with Crippen molar-refractivity contribution >= 4 is 15.7 Å². The zero-order chi connectivity index (χ0) is 17.7. The monoisotopic (exact) mass is 354 g/mol. The van der Waals surface area contributed by atoms with Crippen LogP contribution in [0.3, 0.4) is 0 Å². The zero-order valence-electron chi connectivity index (χ0n) is 12.8. The van der Waals surface area contributed by atoms with Gasteiger partial charge in [0, 0.05) is 19.7 Å². The highest BCUT2D eigenvalue weighted by molar-refractivity contribution is 7.89. The first-order valence-electron chi connectivity index (χ1n) is 6.90. The van der Waals surface area contributed by atoms with Gasteiger partial charge in [0.05, 0.1) is 9.82 Å². The molecule has 0 fully saturated rings. The van der Waals surface area contributed by atoms with E-state index in [0.29, 0.717) is 11.8 Å². The molecule has 0 radical (unpaired) electrons. The van der Waals surface area contributed by atoms with Crippen LogP contribution in [-0.4, -0.2) is 37.8 Å². The van der Waals surface area contributed by atoms with Crippen molar-refractivity contribution in [1.29, 1.82) is 0 Å². The van der Waals surface area contributed by atoms with Gasteiger partial charge in [0.25, 0.3) is 0 Å². The Bertz CT molecular complexity index is 827. The Hall–Kier alpha value is -2.52. The number of ether oxygens (including phenoxy) is 1. The van der Waals surface area contributed by atoms with E-state index in [1.807, 2.05) is 6.07 Å². The van der Waals surface area contributed by atoms with Gasteiger partial charge in [-0.2, -0.15) is 8.70 Å². The lowest BCUT2D eigenvalue weighted by Gasteiger charge is -2.17. The molecule has 0 N–H and O–H groups in total. The summed E-state index contributed by atoms with van der Waals surface area (Å²) in [5, 5.41) is 10.7. The molecule has 0 amide bonds. The van der Waals surface area contributed by atoms with E-state index in [0.717, 1.165) is 16.4 Å². The van der Waals surface area contributed by atoms with Crippen LogP contribution in [0.15, 0.2) is 53.4 Å². The van der Waals surface area contributed by atoms with Crippen molar-refractivity contribution in [3.8, 4) is 5.75 Å². The van der Waals surface area contributed by atoms with Crippen LogP contribution < -0.4 is 4.74 Å². The fourth-order valence-corrected chi connectivity index (χ4v) is 3.08. The molecule has 0 atom stereocenters. The quantitative estimate of drug-likeness (QED) is 0.563. The predicted molar refractivity (Wildman–Crippen MR) is 84.8 cm³/mol. The molecule has 0 saturated heterocycles.